The molecule has 0 saturated heterocycles. The van der Waals surface area contributed by atoms with Gasteiger partial charge in [0.25, 0.3) is 0 Å². The highest BCUT2D eigenvalue weighted by Gasteiger charge is 2.26. The van der Waals surface area contributed by atoms with Crippen LogP contribution in [0.3, 0.4) is 0 Å². The fourth-order valence-electron chi connectivity index (χ4n) is 3.80. The van der Waals surface area contributed by atoms with Gasteiger partial charge in [-0.3, -0.25) is 9.78 Å². The first kappa shape index (κ1) is 26.2. The highest BCUT2D eigenvalue weighted by molar-refractivity contribution is 5.79. The van der Waals surface area contributed by atoms with Crippen molar-refractivity contribution in [1.29, 1.82) is 0 Å². The molecule has 0 unspecified atom stereocenters. The average molecular weight is 455 g/mol. The summed E-state index contributed by atoms with van der Waals surface area (Å²) in [6.07, 6.45) is 3.73. The molecular formula is C26H34N2O5. The first-order valence-electron chi connectivity index (χ1n) is 11.6. The van der Waals surface area contributed by atoms with Gasteiger partial charge < -0.3 is 14.4 Å². The number of carbonyl (C=O) groups is 1. The van der Waals surface area contributed by atoms with E-state index in [1.807, 2.05) is 24.0 Å². The lowest BCUT2D eigenvalue weighted by Gasteiger charge is -2.23. The molecule has 1 aliphatic heterocycles. The Morgan fingerprint density at radius 2 is 1.82 bits per heavy atom. The van der Waals surface area contributed by atoms with Crippen LogP contribution >= 0.6 is 0 Å². The zero-order valence-electron chi connectivity index (χ0n) is 19.8. The minimum Gasteiger partial charge on any atom is -0.493 e. The lowest BCUT2D eigenvalue weighted by Crippen LogP contribution is -2.36. The van der Waals surface area contributed by atoms with E-state index in [0.29, 0.717) is 26.3 Å². The number of pyridine rings is 1. The molecule has 2 aromatic rings. The number of aryl methyl sites for hydroxylation is 1. The molecule has 33 heavy (non-hydrogen) atoms. The van der Waals surface area contributed by atoms with E-state index in [9.17, 15) is 4.79 Å². The normalized spacial score (nSPS) is 15.1. The molecule has 2 heterocycles. The Morgan fingerprint density at radius 3 is 2.55 bits per heavy atom. The molecule has 1 aromatic carbocycles. The van der Waals surface area contributed by atoms with Gasteiger partial charge in [-0.2, -0.15) is 9.59 Å². The lowest BCUT2D eigenvalue weighted by molar-refractivity contribution is -0.191. The summed E-state index contributed by atoms with van der Waals surface area (Å²) in [5, 5.41) is 0. The van der Waals surface area contributed by atoms with E-state index in [0.717, 1.165) is 49.4 Å². The molecule has 0 saturated carbocycles. The SMILES string of the molecule is CCCOCCN1Cc2cc(OCCc3cccc(CC)n3)ccc2C[C@@H](C)C1=O.O=C=O. The summed E-state index contributed by atoms with van der Waals surface area (Å²) in [6.45, 7) is 9.38. The van der Waals surface area contributed by atoms with Gasteiger partial charge in [-0.25, -0.2) is 0 Å². The molecule has 0 spiro atoms. The van der Waals surface area contributed by atoms with Crippen molar-refractivity contribution in [3.63, 3.8) is 0 Å². The summed E-state index contributed by atoms with van der Waals surface area (Å²) in [4.78, 5) is 35.6. The first-order chi connectivity index (χ1) is 16.0. The third kappa shape index (κ3) is 8.44. The van der Waals surface area contributed by atoms with Crippen LogP contribution in [-0.4, -0.2) is 48.3 Å². The van der Waals surface area contributed by atoms with E-state index < -0.39 is 0 Å². The van der Waals surface area contributed by atoms with Gasteiger partial charge in [0, 0.05) is 43.4 Å². The quantitative estimate of drug-likeness (QED) is 0.510. The van der Waals surface area contributed by atoms with Crippen LogP contribution in [0.25, 0.3) is 0 Å². The predicted octanol–water partition coefficient (Wildman–Crippen LogP) is 3.63. The molecule has 1 amide bonds. The molecule has 1 aliphatic rings. The minimum atomic E-state index is -0.0129. The van der Waals surface area contributed by atoms with Crippen LogP contribution in [0, 0.1) is 5.92 Å². The molecule has 178 valence electrons. The smallest absolute Gasteiger partial charge is 0.373 e. The maximum Gasteiger partial charge on any atom is 0.373 e. The first-order valence-corrected chi connectivity index (χ1v) is 11.6. The maximum atomic E-state index is 12.8. The summed E-state index contributed by atoms with van der Waals surface area (Å²) in [7, 11) is 0. The van der Waals surface area contributed by atoms with Gasteiger partial charge in [-0.1, -0.05) is 32.9 Å². The maximum absolute atomic E-state index is 12.8. The van der Waals surface area contributed by atoms with Crippen molar-refractivity contribution in [2.24, 2.45) is 5.92 Å². The molecule has 1 aromatic heterocycles. The van der Waals surface area contributed by atoms with Gasteiger partial charge >= 0.3 is 6.15 Å². The molecule has 0 N–H and O–H groups in total. The van der Waals surface area contributed by atoms with Gasteiger partial charge in [0.15, 0.2) is 0 Å². The van der Waals surface area contributed by atoms with Crippen LogP contribution in [0.1, 0.15) is 49.7 Å². The van der Waals surface area contributed by atoms with Crippen molar-refractivity contribution in [3.05, 3.63) is 58.9 Å². The van der Waals surface area contributed by atoms with Crippen molar-refractivity contribution in [2.45, 2.75) is 53.0 Å². The zero-order chi connectivity index (χ0) is 24.1. The van der Waals surface area contributed by atoms with Crippen LogP contribution in [0.5, 0.6) is 5.75 Å². The monoisotopic (exact) mass is 454 g/mol. The average Bonchev–Trinajstić information content (AvgIpc) is 2.93. The van der Waals surface area contributed by atoms with Crippen LogP contribution < -0.4 is 4.74 Å². The summed E-state index contributed by atoms with van der Waals surface area (Å²) in [5.41, 5.74) is 4.57. The second kappa shape index (κ2) is 14.2. The van der Waals surface area contributed by atoms with Crippen LogP contribution in [0.2, 0.25) is 0 Å². The summed E-state index contributed by atoms with van der Waals surface area (Å²) >= 11 is 0. The Labute approximate surface area is 196 Å². The summed E-state index contributed by atoms with van der Waals surface area (Å²) in [5.74, 6) is 1.04. The number of amides is 1. The lowest BCUT2D eigenvalue weighted by atomic mass is 9.98. The molecule has 1 atom stereocenters. The Hall–Kier alpha value is -3.02. The fourth-order valence-corrected chi connectivity index (χ4v) is 3.80. The third-order valence-electron chi connectivity index (χ3n) is 5.51. The molecule has 3 rings (SSSR count). The zero-order valence-corrected chi connectivity index (χ0v) is 19.8. The van der Waals surface area contributed by atoms with Crippen molar-refractivity contribution >= 4 is 12.1 Å². The molecule has 0 radical (unpaired) electrons. The van der Waals surface area contributed by atoms with Crippen LogP contribution in [-0.2, 0) is 44.9 Å². The Balaban J connectivity index is 0.00000122. The molecule has 7 nitrogen and oxygen atoms in total. The van der Waals surface area contributed by atoms with Gasteiger partial charge in [0.1, 0.15) is 5.75 Å². The topological polar surface area (TPSA) is 85.8 Å². The molecule has 0 bridgehead atoms. The predicted molar refractivity (Wildman–Crippen MR) is 124 cm³/mol. The highest BCUT2D eigenvalue weighted by Crippen LogP contribution is 2.26. The number of ether oxygens (including phenoxy) is 2. The highest BCUT2D eigenvalue weighted by atomic mass is 16.5. The Kier molecular flexibility index (Phi) is 11.3. The van der Waals surface area contributed by atoms with E-state index >= 15 is 0 Å². The van der Waals surface area contributed by atoms with Gasteiger partial charge in [-0.15, -0.1) is 0 Å². The van der Waals surface area contributed by atoms with Crippen molar-refractivity contribution in [2.75, 3.05) is 26.4 Å². The second-order valence-corrected chi connectivity index (χ2v) is 8.06. The van der Waals surface area contributed by atoms with E-state index in [1.54, 1.807) is 0 Å². The summed E-state index contributed by atoms with van der Waals surface area (Å²) in [6, 6.07) is 12.4. The Morgan fingerprint density at radius 1 is 1.06 bits per heavy atom. The number of hydrogen-bond acceptors (Lipinski definition) is 6. The number of rotatable bonds is 10. The van der Waals surface area contributed by atoms with E-state index in [-0.39, 0.29) is 18.0 Å². The van der Waals surface area contributed by atoms with Crippen molar-refractivity contribution in [1.82, 2.24) is 9.88 Å². The number of benzene rings is 1. The molecule has 0 fully saturated rings. The van der Waals surface area contributed by atoms with Crippen molar-refractivity contribution < 1.29 is 23.9 Å². The number of nitrogens with zero attached hydrogens (tertiary/aromatic N) is 2. The van der Waals surface area contributed by atoms with Gasteiger partial charge in [0.05, 0.1) is 13.2 Å². The second-order valence-electron chi connectivity index (χ2n) is 8.06. The van der Waals surface area contributed by atoms with Gasteiger partial charge in [-0.05, 0) is 54.7 Å². The van der Waals surface area contributed by atoms with E-state index in [4.69, 9.17) is 19.1 Å². The number of fused-ring (bicyclic) bond motifs is 1. The van der Waals surface area contributed by atoms with Crippen molar-refractivity contribution in [3.8, 4) is 5.75 Å². The van der Waals surface area contributed by atoms with E-state index in [1.165, 1.54) is 11.1 Å². The standard InChI is InChI=1S/C25H34N2O3.CO2/c1-4-13-29-15-12-27-18-21-17-24(10-9-20(21)16-19(3)25(27)28)30-14-11-23-8-6-7-22(5-2)26-23;2-1-3/h6-10,17,19H,4-5,11-16,18H2,1-3H3;/t19-;/m1./s1. The largest absolute Gasteiger partial charge is 0.493 e. The number of hydrogen-bond donors (Lipinski definition) is 0. The fraction of sp³-hybridized carbons (Fsp3) is 0.500. The minimum absolute atomic E-state index is 0.0129. The third-order valence-corrected chi connectivity index (χ3v) is 5.51. The van der Waals surface area contributed by atoms with E-state index in [2.05, 4.69) is 43.1 Å². The van der Waals surface area contributed by atoms with Crippen LogP contribution in [0.4, 0.5) is 0 Å². The molecular weight excluding hydrogens is 420 g/mol. The summed E-state index contributed by atoms with van der Waals surface area (Å²) < 4.78 is 11.6. The number of aromatic nitrogens is 1. The molecule has 0 aliphatic carbocycles. The van der Waals surface area contributed by atoms with Gasteiger partial charge in [0.2, 0.25) is 5.91 Å². The number of carbonyl (C=O) groups excluding carboxylic acids is 3. The van der Waals surface area contributed by atoms with Crippen LogP contribution in [0.15, 0.2) is 36.4 Å². The molecule has 7 heteroatoms. The Bertz CT molecular complexity index is 925.